The number of nitrogens with zero attached hydrogens (tertiary/aromatic N) is 3. The maximum Gasteiger partial charge on any atom is 0.113 e. The van der Waals surface area contributed by atoms with Gasteiger partial charge in [0.05, 0.1) is 0 Å². The Morgan fingerprint density at radius 3 is 2.67 bits per heavy atom. The average Bonchev–Trinajstić information content (AvgIpc) is 2.95. The van der Waals surface area contributed by atoms with Gasteiger partial charge in [-0.05, 0) is 22.8 Å². The number of benzene rings is 1. The molecule has 21 heavy (non-hydrogen) atoms. The Bertz CT molecular complexity index is 704. The lowest BCUT2D eigenvalue weighted by Gasteiger charge is -2.09. The second-order valence-electron chi connectivity index (χ2n) is 5.03. The number of pyridine rings is 1. The van der Waals surface area contributed by atoms with E-state index in [1.54, 1.807) is 6.20 Å². The molecule has 1 aromatic carbocycles. The fraction of sp³-hybridized carbons (Fsp3) is 0.176. The van der Waals surface area contributed by atoms with E-state index in [1.165, 1.54) is 11.1 Å². The fourth-order valence-electron chi connectivity index (χ4n) is 2.39. The lowest BCUT2D eigenvalue weighted by atomic mass is 10.1. The number of hydrogen-bond acceptors (Lipinski definition) is 3. The van der Waals surface area contributed by atoms with E-state index in [2.05, 4.69) is 38.8 Å². The molecule has 0 amide bonds. The zero-order chi connectivity index (χ0) is 14.5. The normalized spacial score (nSPS) is 10.7. The van der Waals surface area contributed by atoms with Crippen molar-refractivity contribution < 1.29 is 0 Å². The predicted molar refractivity (Wildman–Crippen MR) is 82.7 cm³/mol. The number of imidazole rings is 1. The molecule has 0 atom stereocenters. The van der Waals surface area contributed by atoms with E-state index in [0.717, 1.165) is 24.4 Å². The van der Waals surface area contributed by atoms with Crippen LogP contribution in [0, 0.1) is 0 Å². The second kappa shape index (κ2) is 6.33. The highest BCUT2D eigenvalue weighted by molar-refractivity contribution is 5.24. The van der Waals surface area contributed by atoms with Crippen LogP contribution in [0.2, 0.25) is 0 Å². The van der Waals surface area contributed by atoms with Gasteiger partial charge >= 0.3 is 0 Å². The summed E-state index contributed by atoms with van der Waals surface area (Å²) in [5.74, 6) is 1.04. The van der Waals surface area contributed by atoms with Crippen LogP contribution in [-0.2, 0) is 19.5 Å². The van der Waals surface area contributed by atoms with Crippen molar-refractivity contribution in [3.05, 3.63) is 83.7 Å². The molecule has 2 N–H and O–H groups in total. The minimum atomic E-state index is 0.570. The van der Waals surface area contributed by atoms with Crippen LogP contribution < -0.4 is 5.73 Å². The highest BCUT2D eigenvalue weighted by atomic mass is 15.1. The Hall–Kier alpha value is -2.46. The molecule has 3 rings (SSSR count). The second-order valence-corrected chi connectivity index (χ2v) is 5.03. The maximum absolute atomic E-state index is 5.70. The first-order valence-electron chi connectivity index (χ1n) is 7.02. The Balaban J connectivity index is 1.79. The Morgan fingerprint density at radius 2 is 1.86 bits per heavy atom. The molecular weight excluding hydrogens is 260 g/mol. The smallest absolute Gasteiger partial charge is 0.113 e. The van der Waals surface area contributed by atoms with Gasteiger partial charge in [-0.15, -0.1) is 0 Å². The monoisotopic (exact) mass is 278 g/mol. The van der Waals surface area contributed by atoms with Gasteiger partial charge in [0.25, 0.3) is 0 Å². The molecule has 0 saturated heterocycles. The quantitative estimate of drug-likeness (QED) is 0.779. The zero-order valence-corrected chi connectivity index (χ0v) is 11.8. The van der Waals surface area contributed by atoms with Gasteiger partial charge in [0.1, 0.15) is 5.82 Å². The summed E-state index contributed by atoms with van der Waals surface area (Å²) < 4.78 is 2.17. The van der Waals surface area contributed by atoms with Gasteiger partial charge in [-0.3, -0.25) is 4.98 Å². The SMILES string of the molecule is NCc1cccc(Cn2ccnc2Cc2cccnc2)c1. The summed E-state index contributed by atoms with van der Waals surface area (Å²) >= 11 is 0. The van der Waals surface area contributed by atoms with E-state index < -0.39 is 0 Å². The molecule has 0 aliphatic heterocycles. The first-order chi connectivity index (χ1) is 10.3. The summed E-state index contributed by atoms with van der Waals surface area (Å²) in [5.41, 5.74) is 9.26. The molecule has 106 valence electrons. The standard InChI is InChI=1S/C17H18N4/c18-11-14-3-1-4-16(9-14)13-21-8-7-20-17(21)10-15-5-2-6-19-12-15/h1-9,12H,10-11,13,18H2. The van der Waals surface area contributed by atoms with Gasteiger partial charge in [0.2, 0.25) is 0 Å². The number of nitrogens with two attached hydrogens (primary N) is 1. The van der Waals surface area contributed by atoms with Crippen LogP contribution in [0.4, 0.5) is 0 Å². The largest absolute Gasteiger partial charge is 0.330 e. The third kappa shape index (κ3) is 3.35. The van der Waals surface area contributed by atoms with E-state index in [1.807, 2.05) is 30.7 Å². The van der Waals surface area contributed by atoms with Crippen LogP contribution in [0.1, 0.15) is 22.5 Å². The fourth-order valence-corrected chi connectivity index (χ4v) is 2.39. The molecule has 4 heteroatoms. The van der Waals surface area contributed by atoms with Crippen molar-refractivity contribution in [3.8, 4) is 0 Å². The highest BCUT2D eigenvalue weighted by Crippen LogP contribution is 2.11. The van der Waals surface area contributed by atoms with Crippen LogP contribution >= 0.6 is 0 Å². The molecule has 3 aromatic rings. The topological polar surface area (TPSA) is 56.7 Å². The van der Waals surface area contributed by atoms with Crippen LogP contribution in [0.5, 0.6) is 0 Å². The summed E-state index contributed by atoms with van der Waals surface area (Å²) in [4.78, 5) is 8.61. The molecule has 0 unspecified atom stereocenters. The molecule has 2 aromatic heterocycles. The number of aromatic nitrogens is 3. The van der Waals surface area contributed by atoms with Crippen molar-refractivity contribution in [1.82, 2.24) is 14.5 Å². The van der Waals surface area contributed by atoms with Crippen LogP contribution in [0.3, 0.4) is 0 Å². The van der Waals surface area contributed by atoms with Gasteiger partial charge < -0.3 is 10.3 Å². The van der Waals surface area contributed by atoms with E-state index in [-0.39, 0.29) is 0 Å². The van der Waals surface area contributed by atoms with Crippen molar-refractivity contribution in [3.63, 3.8) is 0 Å². The Labute approximate surface area is 124 Å². The van der Waals surface area contributed by atoms with Crippen LogP contribution in [0.15, 0.2) is 61.2 Å². The molecule has 0 fully saturated rings. The lowest BCUT2D eigenvalue weighted by Crippen LogP contribution is -2.06. The molecule has 0 aliphatic carbocycles. The highest BCUT2D eigenvalue weighted by Gasteiger charge is 2.05. The first kappa shape index (κ1) is 13.5. The lowest BCUT2D eigenvalue weighted by molar-refractivity contribution is 0.738. The molecule has 0 radical (unpaired) electrons. The molecular formula is C17H18N4. The maximum atomic E-state index is 5.70. The third-order valence-corrected chi connectivity index (χ3v) is 3.47. The summed E-state index contributed by atoms with van der Waals surface area (Å²) in [6.45, 7) is 1.38. The summed E-state index contributed by atoms with van der Waals surface area (Å²) in [5, 5.41) is 0. The van der Waals surface area contributed by atoms with Crippen molar-refractivity contribution in [1.29, 1.82) is 0 Å². The molecule has 0 bridgehead atoms. The summed E-state index contributed by atoms with van der Waals surface area (Å²) in [6, 6.07) is 12.4. The number of rotatable bonds is 5. The Kier molecular flexibility index (Phi) is 4.07. The first-order valence-corrected chi connectivity index (χ1v) is 7.02. The molecule has 0 aliphatic rings. The van der Waals surface area contributed by atoms with Crippen LogP contribution in [-0.4, -0.2) is 14.5 Å². The van der Waals surface area contributed by atoms with Crippen molar-refractivity contribution in [2.45, 2.75) is 19.5 Å². The molecule has 0 spiro atoms. The van der Waals surface area contributed by atoms with Gasteiger partial charge in [-0.25, -0.2) is 4.98 Å². The van der Waals surface area contributed by atoms with Crippen molar-refractivity contribution >= 4 is 0 Å². The zero-order valence-electron chi connectivity index (χ0n) is 11.8. The van der Waals surface area contributed by atoms with Gasteiger partial charge in [0.15, 0.2) is 0 Å². The predicted octanol–water partition coefficient (Wildman–Crippen LogP) is 2.38. The van der Waals surface area contributed by atoms with Crippen molar-refractivity contribution in [2.24, 2.45) is 5.73 Å². The van der Waals surface area contributed by atoms with E-state index in [4.69, 9.17) is 5.73 Å². The van der Waals surface area contributed by atoms with Gasteiger partial charge in [0, 0.05) is 44.3 Å². The van der Waals surface area contributed by atoms with E-state index >= 15 is 0 Å². The molecule has 4 nitrogen and oxygen atoms in total. The van der Waals surface area contributed by atoms with E-state index in [0.29, 0.717) is 6.54 Å². The molecule has 0 saturated carbocycles. The van der Waals surface area contributed by atoms with Gasteiger partial charge in [-0.1, -0.05) is 30.3 Å². The van der Waals surface area contributed by atoms with Crippen molar-refractivity contribution in [2.75, 3.05) is 0 Å². The summed E-state index contributed by atoms with van der Waals surface area (Å²) in [7, 11) is 0. The van der Waals surface area contributed by atoms with Crippen LogP contribution in [0.25, 0.3) is 0 Å². The molecule has 2 heterocycles. The third-order valence-electron chi connectivity index (χ3n) is 3.47. The number of hydrogen-bond donors (Lipinski definition) is 1. The minimum Gasteiger partial charge on any atom is -0.330 e. The average molecular weight is 278 g/mol. The van der Waals surface area contributed by atoms with E-state index in [9.17, 15) is 0 Å². The Morgan fingerprint density at radius 1 is 1.00 bits per heavy atom. The minimum absolute atomic E-state index is 0.570. The van der Waals surface area contributed by atoms with Gasteiger partial charge in [-0.2, -0.15) is 0 Å². The summed E-state index contributed by atoms with van der Waals surface area (Å²) in [6.07, 6.45) is 8.32.